The van der Waals surface area contributed by atoms with Crippen molar-refractivity contribution in [1.82, 2.24) is 10.2 Å². The fraction of sp³-hybridized carbons (Fsp3) is 0.500. The number of piperidine rings is 1. The van der Waals surface area contributed by atoms with Gasteiger partial charge in [0.2, 0.25) is 5.91 Å². The van der Waals surface area contributed by atoms with Gasteiger partial charge in [0.25, 0.3) is 5.91 Å². The summed E-state index contributed by atoms with van der Waals surface area (Å²) in [5.74, 6) is -0.170. The van der Waals surface area contributed by atoms with Crippen LogP contribution in [-0.2, 0) is 9.53 Å². The van der Waals surface area contributed by atoms with Crippen LogP contribution < -0.4 is 10.6 Å². The minimum Gasteiger partial charge on any atom is -0.383 e. The molecule has 1 heterocycles. The number of allylic oxidation sites excluding steroid dienone is 1. The number of ether oxygens (including phenoxy) is 1. The molecule has 34 heavy (non-hydrogen) atoms. The lowest BCUT2D eigenvalue weighted by atomic mass is 10.00. The number of rotatable bonds is 16. The second-order valence-electron chi connectivity index (χ2n) is 8.79. The molecule has 0 saturated carbocycles. The minimum atomic E-state index is -0.213. The number of hydrogen-bond donors (Lipinski definition) is 2. The molecule has 0 aromatic heterocycles. The van der Waals surface area contributed by atoms with E-state index < -0.39 is 0 Å². The van der Waals surface area contributed by atoms with Crippen LogP contribution in [0.15, 0.2) is 49.7 Å². The molecule has 0 spiro atoms. The van der Waals surface area contributed by atoms with Crippen LogP contribution in [0.25, 0.3) is 6.08 Å². The topological polar surface area (TPSA) is 70.7 Å². The van der Waals surface area contributed by atoms with Crippen LogP contribution in [0.5, 0.6) is 0 Å². The second-order valence-corrected chi connectivity index (χ2v) is 8.79. The molecule has 1 aromatic carbocycles. The van der Waals surface area contributed by atoms with Gasteiger partial charge >= 0.3 is 0 Å². The Labute approximate surface area is 205 Å². The standard InChI is InChI=1S/C28H41N3O3/c1-5-7-8-9-10-11-12-13-19-34-20-18-29-24-14-15-25(23(6-2)21-24)28(33)31(4)26-16-17-27(32)30-22(26)3/h5-6,14-15,21,26,29H,1-3,7-13,16-20H2,4H3,(H,30,32). The lowest BCUT2D eigenvalue weighted by Crippen LogP contribution is -2.46. The molecule has 1 aromatic rings. The molecule has 6 nitrogen and oxygen atoms in total. The molecule has 2 rings (SSSR count). The molecule has 0 radical (unpaired) electrons. The van der Waals surface area contributed by atoms with Crippen LogP contribution in [0.3, 0.4) is 0 Å². The van der Waals surface area contributed by atoms with E-state index in [1.54, 1.807) is 18.0 Å². The lowest BCUT2D eigenvalue weighted by Gasteiger charge is -2.33. The van der Waals surface area contributed by atoms with Crippen LogP contribution in [0.1, 0.15) is 73.7 Å². The number of likely N-dealkylation sites (N-methyl/N-ethyl adjacent to an activating group) is 1. The van der Waals surface area contributed by atoms with Crippen molar-refractivity contribution in [3.05, 3.63) is 60.8 Å². The Morgan fingerprint density at radius 3 is 2.62 bits per heavy atom. The zero-order valence-electron chi connectivity index (χ0n) is 20.7. The van der Waals surface area contributed by atoms with E-state index in [1.807, 2.05) is 24.3 Å². The average molecular weight is 468 g/mol. The summed E-state index contributed by atoms with van der Waals surface area (Å²) in [7, 11) is 1.74. The van der Waals surface area contributed by atoms with E-state index in [4.69, 9.17) is 4.74 Å². The van der Waals surface area contributed by atoms with E-state index in [-0.39, 0.29) is 17.9 Å². The van der Waals surface area contributed by atoms with Crippen molar-refractivity contribution in [2.24, 2.45) is 0 Å². The van der Waals surface area contributed by atoms with Crippen LogP contribution >= 0.6 is 0 Å². The van der Waals surface area contributed by atoms with Crippen molar-refractivity contribution in [2.45, 2.75) is 63.8 Å². The first-order valence-electron chi connectivity index (χ1n) is 12.4. The third-order valence-corrected chi connectivity index (χ3v) is 6.16. The van der Waals surface area contributed by atoms with Gasteiger partial charge in [-0.25, -0.2) is 0 Å². The van der Waals surface area contributed by atoms with Crippen LogP contribution in [0.4, 0.5) is 5.69 Å². The Morgan fingerprint density at radius 2 is 1.91 bits per heavy atom. The van der Waals surface area contributed by atoms with Crippen LogP contribution in [0.2, 0.25) is 0 Å². The monoisotopic (exact) mass is 467 g/mol. The highest BCUT2D eigenvalue weighted by Crippen LogP contribution is 2.23. The van der Waals surface area contributed by atoms with Gasteiger partial charge in [-0.1, -0.05) is 51.0 Å². The highest BCUT2D eigenvalue weighted by atomic mass is 16.5. The summed E-state index contributed by atoms with van der Waals surface area (Å²) >= 11 is 0. The SMILES string of the molecule is C=CCCCCCCCCOCCNc1ccc(C(=O)N(C)C2CCC(=O)NC2=C)c(C=C)c1. The van der Waals surface area contributed by atoms with Crippen molar-refractivity contribution in [3.8, 4) is 0 Å². The summed E-state index contributed by atoms with van der Waals surface area (Å²) in [4.78, 5) is 26.3. The van der Waals surface area contributed by atoms with E-state index in [0.717, 1.165) is 30.7 Å². The van der Waals surface area contributed by atoms with E-state index in [9.17, 15) is 9.59 Å². The van der Waals surface area contributed by atoms with Gasteiger partial charge in [-0.15, -0.1) is 6.58 Å². The van der Waals surface area contributed by atoms with Crippen molar-refractivity contribution in [1.29, 1.82) is 0 Å². The number of carbonyl (C=O) groups is 2. The predicted molar refractivity (Wildman–Crippen MR) is 141 cm³/mol. The van der Waals surface area contributed by atoms with Gasteiger partial charge in [-0.2, -0.15) is 0 Å². The van der Waals surface area contributed by atoms with Gasteiger partial charge in [0.15, 0.2) is 0 Å². The number of nitrogens with one attached hydrogen (secondary N) is 2. The normalized spacial score (nSPS) is 15.5. The van der Waals surface area contributed by atoms with Gasteiger partial charge in [0.1, 0.15) is 0 Å². The molecule has 0 aliphatic carbocycles. The zero-order chi connectivity index (χ0) is 24.8. The maximum absolute atomic E-state index is 13.1. The molecule has 186 valence electrons. The number of hydrogen-bond acceptors (Lipinski definition) is 4. The second kappa shape index (κ2) is 15.1. The van der Waals surface area contributed by atoms with E-state index in [1.165, 1.54) is 32.1 Å². The number of anilines is 1. The van der Waals surface area contributed by atoms with Crippen molar-refractivity contribution in [2.75, 3.05) is 32.1 Å². The number of nitrogens with zero attached hydrogens (tertiary/aromatic N) is 1. The summed E-state index contributed by atoms with van der Waals surface area (Å²) in [6.45, 7) is 13.7. The maximum Gasteiger partial charge on any atom is 0.254 e. The van der Waals surface area contributed by atoms with E-state index in [2.05, 4.69) is 30.4 Å². The van der Waals surface area contributed by atoms with Crippen LogP contribution in [-0.4, -0.2) is 49.6 Å². The Bertz CT molecular complexity index is 849. The summed E-state index contributed by atoms with van der Waals surface area (Å²) < 4.78 is 5.74. The summed E-state index contributed by atoms with van der Waals surface area (Å²) in [6, 6.07) is 5.43. The lowest BCUT2D eigenvalue weighted by molar-refractivity contribution is -0.121. The molecule has 1 fully saturated rings. The highest BCUT2D eigenvalue weighted by molar-refractivity contribution is 5.98. The van der Waals surface area contributed by atoms with Gasteiger partial charge in [0, 0.05) is 43.6 Å². The van der Waals surface area contributed by atoms with Crippen molar-refractivity contribution < 1.29 is 14.3 Å². The van der Waals surface area contributed by atoms with Crippen LogP contribution in [0, 0.1) is 0 Å². The fourth-order valence-corrected chi connectivity index (χ4v) is 4.13. The zero-order valence-corrected chi connectivity index (χ0v) is 20.7. The molecule has 1 aliphatic heterocycles. The molecule has 6 heteroatoms. The van der Waals surface area contributed by atoms with E-state index in [0.29, 0.717) is 37.3 Å². The average Bonchev–Trinajstić information content (AvgIpc) is 2.83. The maximum atomic E-state index is 13.1. The summed E-state index contributed by atoms with van der Waals surface area (Å²) in [5.41, 5.74) is 2.83. The molecule has 1 aliphatic rings. The third kappa shape index (κ3) is 8.82. The molecule has 1 atom stereocenters. The Morgan fingerprint density at radius 1 is 1.18 bits per heavy atom. The number of benzene rings is 1. The Hall–Kier alpha value is -2.86. The van der Waals surface area contributed by atoms with Crippen molar-refractivity contribution >= 4 is 23.6 Å². The summed E-state index contributed by atoms with van der Waals surface area (Å²) in [6.07, 6.45) is 13.2. The molecule has 1 unspecified atom stereocenters. The Balaban J connectivity index is 1.72. The van der Waals surface area contributed by atoms with Gasteiger partial charge in [-0.05, 0) is 49.4 Å². The van der Waals surface area contributed by atoms with Crippen molar-refractivity contribution in [3.63, 3.8) is 0 Å². The first-order valence-corrected chi connectivity index (χ1v) is 12.4. The number of carbonyl (C=O) groups excluding carboxylic acids is 2. The predicted octanol–water partition coefficient (Wildman–Crippen LogP) is 5.54. The van der Waals surface area contributed by atoms with Gasteiger partial charge < -0.3 is 20.3 Å². The van der Waals surface area contributed by atoms with Gasteiger partial charge in [-0.3, -0.25) is 9.59 Å². The quantitative estimate of drug-likeness (QED) is 0.247. The highest BCUT2D eigenvalue weighted by Gasteiger charge is 2.29. The third-order valence-electron chi connectivity index (χ3n) is 6.16. The largest absolute Gasteiger partial charge is 0.383 e. The Kier molecular flexibility index (Phi) is 12.2. The molecular weight excluding hydrogens is 426 g/mol. The summed E-state index contributed by atoms with van der Waals surface area (Å²) in [5, 5.41) is 6.09. The first-order chi connectivity index (χ1) is 16.5. The minimum absolute atomic E-state index is 0.0526. The smallest absolute Gasteiger partial charge is 0.254 e. The van der Waals surface area contributed by atoms with E-state index >= 15 is 0 Å². The number of amides is 2. The molecule has 2 amide bonds. The molecule has 0 bridgehead atoms. The molecule has 1 saturated heterocycles. The molecular formula is C28H41N3O3. The van der Waals surface area contributed by atoms with Gasteiger partial charge in [0.05, 0.1) is 12.6 Å². The number of unbranched alkanes of at least 4 members (excludes halogenated alkanes) is 6. The fourth-order valence-electron chi connectivity index (χ4n) is 4.13. The first kappa shape index (κ1) is 27.4. The molecule has 2 N–H and O–H groups in total.